The Hall–Kier alpha value is -2.74. The minimum atomic E-state index is -4.51. The molecule has 1 aliphatic heterocycles. The van der Waals surface area contributed by atoms with Crippen molar-refractivity contribution in [2.75, 3.05) is 43.6 Å². The summed E-state index contributed by atoms with van der Waals surface area (Å²) < 4.78 is 48.8. The number of carbonyl (C=O) groups excluding carboxylic acids is 1. The van der Waals surface area contributed by atoms with Gasteiger partial charge >= 0.3 is 6.18 Å². The Kier molecular flexibility index (Phi) is 5.55. The number of benzene rings is 2. The first kappa shape index (κ1) is 19.0. The van der Waals surface area contributed by atoms with E-state index < -0.39 is 17.6 Å². The van der Waals surface area contributed by atoms with E-state index in [0.717, 1.165) is 37.0 Å². The zero-order chi connectivity index (χ0) is 19.4. The number of alkyl halides is 3. The number of hydrogen-bond donors (Lipinski definition) is 1. The lowest BCUT2D eigenvalue weighted by molar-refractivity contribution is -0.137. The van der Waals surface area contributed by atoms with Gasteiger partial charge in [0.1, 0.15) is 5.75 Å². The van der Waals surface area contributed by atoms with Crippen LogP contribution in [0.5, 0.6) is 5.75 Å². The molecule has 2 aromatic carbocycles. The second kappa shape index (κ2) is 7.87. The van der Waals surface area contributed by atoms with Gasteiger partial charge in [-0.1, -0.05) is 6.07 Å². The SMILES string of the molecule is COc1cc(C(F)(F)F)ccc1C(=O)Nc1cccc(N2CCOCC2)c1. The molecule has 0 spiro atoms. The first-order valence-electron chi connectivity index (χ1n) is 8.38. The molecule has 2 aromatic rings. The Morgan fingerprint density at radius 2 is 1.89 bits per heavy atom. The fourth-order valence-electron chi connectivity index (χ4n) is 2.86. The Bertz CT molecular complexity index is 818. The molecule has 0 radical (unpaired) electrons. The van der Waals surface area contributed by atoms with Crippen LogP contribution in [0.15, 0.2) is 42.5 Å². The van der Waals surface area contributed by atoms with E-state index in [9.17, 15) is 18.0 Å². The molecular weight excluding hydrogens is 361 g/mol. The largest absolute Gasteiger partial charge is 0.496 e. The lowest BCUT2D eigenvalue weighted by Gasteiger charge is -2.29. The number of rotatable bonds is 4. The van der Waals surface area contributed by atoms with Gasteiger partial charge in [-0.3, -0.25) is 4.79 Å². The molecule has 0 aliphatic carbocycles. The van der Waals surface area contributed by atoms with Gasteiger partial charge in [0, 0.05) is 24.5 Å². The van der Waals surface area contributed by atoms with Crippen molar-refractivity contribution in [3.05, 3.63) is 53.6 Å². The van der Waals surface area contributed by atoms with E-state index in [1.54, 1.807) is 6.07 Å². The van der Waals surface area contributed by atoms with Crippen LogP contribution < -0.4 is 15.0 Å². The van der Waals surface area contributed by atoms with Gasteiger partial charge in [0.05, 0.1) is 31.5 Å². The Morgan fingerprint density at radius 3 is 2.56 bits per heavy atom. The molecule has 0 atom stereocenters. The number of anilines is 2. The predicted molar refractivity (Wildman–Crippen MR) is 95.4 cm³/mol. The number of halogens is 3. The fraction of sp³-hybridized carbons (Fsp3) is 0.316. The molecule has 0 unspecified atom stereocenters. The van der Waals surface area contributed by atoms with E-state index in [-0.39, 0.29) is 11.3 Å². The highest BCUT2D eigenvalue weighted by atomic mass is 19.4. The normalized spacial score (nSPS) is 14.7. The first-order valence-corrected chi connectivity index (χ1v) is 8.38. The summed E-state index contributed by atoms with van der Waals surface area (Å²) in [5.74, 6) is -0.675. The average molecular weight is 380 g/mol. The van der Waals surface area contributed by atoms with Crippen molar-refractivity contribution in [1.82, 2.24) is 0 Å². The maximum absolute atomic E-state index is 12.8. The van der Waals surface area contributed by atoms with Crippen molar-refractivity contribution in [3.8, 4) is 5.75 Å². The lowest BCUT2D eigenvalue weighted by atomic mass is 10.1. The van der Waals surface area contributed by atoms with Crippen LogP contribution in [0.1, 0.15) is 15.9 Å². The lowest BCUT2D eigenvalue weighted by Crippen LogP contribution is -2.36. The quantitative estimate of drug-likeness (QED) is 0.877. The highest BCUT2D eigenvalue weighted by molar-refractivity contribution is 6.06. The van der Waals surface area contributed by atoms with Gasteiger partial charge in [-0.15, -0.1) is 0 Å². The summed E-state index contributed by atoms with van der Waals surface area (Å²) in [5.41, 5.74) is 0.647. The van der Waals surface area contributed by atoms with E-state index in [2.05, 4.69) is 10.2 Å². The van der Waals surface area contributed by atoms with Gasteiger partial charge < -0.3 is 19.7 Å². The smallest absolute Gasteiger partial charge is 0.416 e. The minimum absolute atomic E-state index is 0.0299. The molecule has 1 amide bonds. The van der Waals surface area contributed by atoms with Crippen molar-refractivity contribution < 1.29 is 27.4 Å². The number of nitrogens with zero attached hydrogens (tertiary/aromatic N) is 1. The fourth-order valence-corrected chi connectivity index (χ4v) is 2.86. The molecule has 0 saturated carbocycles. The van der Waals surface area contributed by atoms with Gasteiger partial charge in [0.25, 0.3) is 5.91 Å². The van der Waals surface area contributed by atoms with Crippen molar-refractivity contribution >= 4 is 17.3 Å². The van der Waals surface area contributed by atoms with E-state index in [4.69, 9.17) is 9.47 Å². The molecule has 0 bridgehead atoms. The maximum Gasteiger partial charge on any atom is 0.416 e. The van der Waals surface area contributed by atoms with Crippen LogP contribution in [-0.4, -0.2) is 39.3 Å². The Morgan fingerprint density at radius 1 is 1.15 bits per heavy atom. The first-order chi connectivity index (χ1) is 12.9. The standard InChI is InChI=1S/C19H19F3N2O3/c1-26-17-11-13(19(20,21)22)5-6-16(17)18(25)23-14-3-2-4-15(12-14)24-7-9-27-10-8-24/h2-6,11-12H,7-10H2,1H3,(H,23,25). The summed E-state index contributed by atoms with van der Waals surface area (Å²) in [6.45, 7) is 2.78. The van der Waals surface area contributed by atoms with Crippen LogP contribution in [0.2, 0.25) is 0 Å². The van der Waals surface area contributed by atoms with Crippen LogP contribution in [0, 0.1) is 0 Å². The molecule has 3 rings (SSSR count). The minimum Gasteiger partial charge on any atom is -0.496 e. The van der Waals surface area contributed by atoms with Gasteiger partial charge in [-0.2, -0.15) is 13.2 Å². The third kappa shape index (κ3) is 4.51. The summed E-state index contributed by atoms with van der Waals surface area (Å²) in [4.78, 5) is 14.7. The number of nitrogens with one attached hydrogen (secondary N) is 1. The number of amides is 1. The van der Waals surface area contributed by atoms with E-state index in [0.29, 0.717) is 18.9 Å². The molecule has 1 aliphatic rings. The highest BCUT2D eigenvalue weighted by Gasteiger charge is 2.31. The van der Waals surface area contributed by atoms with Gasteiger partial charge in [0.2, 0.25) is 0 Å². The number of morpholine rings is 1. The number of methoxy groups -OCH3 is 1. The summed E-state index contributed by atoms with van der Waals surface area (Å²) >= 11 is 0. The summed E-state index contributed by atoms with van der Waals surface area (Å²) in [6, 6.07) is 10.1. The van der Waals surface area contributed by atoms with Crippen LogP contribution in [0.4, 0.5) is 24.5 Å². The van der Waals surface area contributed by atoms with Crippen molar-refractivity contribution in [2.24, 2.45) is 0 Å². The molecular formula is C19H19F3N2O3. The number of ether oxygens (including phenoxy) is 2. The zero-order valence-corrected chi connectivity index (χ0v) is 14.7. The molecule has 1 fully saturated rings. The van der Waals surface area contributed by atoms with Crippen molar-refractivity contribution in [1.29, 1.82) is 0 Å². The van der Waals surface area contributed by atoms with Crippen LogP contribution in [-0.2, 0) is 10.9 Å². The second-order valence-electron chi connectivity index (χ2n) is 6.02. The topological polar surface area (TPSA) is 50.8 Å². The van der Waals surface area contributed by atoms with Crippen LogP contribution in [0.25, 0.3) is 0 Å². The molecule has 8 heteroatoms. The molecule has 1 heterocycles. The molecule has 144 valence electrons. The van der Waals surface area contributed by atoms with Gasteiger partial charge in [-0.05, 0) is 36.4 Å². The number of hydrogen-bond acceptors (Lipinski definition) is 4. The summed E-state index contributed by atoms with van der Waals surface area (Å²) in [6.07, 6.45) is -4.51. The maximum atomic E-state index is 12.8. The van der Waals surface area contributed by atoms with Crippen molar-refractivity contribution in [2.45, 2.75) is 6.18 Å². The molecule has 1 saturated heterocycles. The molecule has 1 N–H and O–H groups in total. The molecule has 0 aromatic heterocycles. The van der Waals surface area contributed by atoms with E-state index >= 15 is 0 Å². The van der Waals surface area contributed by atoms with Crippen LogP contribution in [0.3, 0.4) is 0 Å². The van der Waals surface area contributed by atoms with E-state index in [1.807, 2.05) is 18.2 Å². The monoisotopic (exact) mass is 380 g/mol. The average Bonchev–Trinajstić information content (AvgIpc) is 2.67. The third-order valence-electron chi connectivity index (χ3n) is 4.25. The van der Waals surface area contributed by atoms with Crippen LogP contribution >= 0.6 is 0 Å². The van der Waals surface area contributed by atoms with Crippen molar-refractivity contribution in [3.63, 3.8) is 0 Å². The van der Waals surface area contributed by atoms with Gasteiger partial charge in [-0.25, -0.2) is 0 Å². The predicted octanol–water partition coefficient (Wildman–Crippen LogP) is 3.80. The third-order valence-corrected chi connectivity index (χ3v) is 4.25. The van der Waals surface area contributed by atoms with Gasteiger partial charge in [0.15, 0.2) is 0 Å². The Balaban J connectivity index is 1.79. The highest BCUT2D eigenvalue weighted by Crippen LogP contribution is 2.33. The second-order valence-corrected chi connectivity index (χ2v) is 6.02. The Labute approximate surface area is 154 Å². The molecule has 5 nitrogen and oxygen atoms in total. The zero-order valence-electron chi connectivity index (χ0n) is 14.7. The van der Waals surface area contributed by atoms with E-state index in [1.165, 1.54) is 7.11 Å². The number of carbonyl (C=O) groups is 1. The summed E-state index contributed by atoms with van der Waals surface area (Å²) in [5, 5.41) is 2.71. The molecule has 27 heavy (non-hydrogen) atoms. The summed E-state index contributed by atoms with van der Waals surface area (Å²) in [7, 11) is 1.23.